The van der Waals surface area contributed by atoms with E-state index in [2.05, 4.69) is 76.6 Å². The van der Waals surface area contributed by atoms with Gasteiger partial charge in [0.25, 0.3) is 5.91 Å². The molecule has 0 fully saturated rings. The summed E-state index contributed by atoms with van der Waals surface area (Å²) in [4.78, 5) is 18.8. The van der Waals surface area contributed by atoms with Crippen LogP contribution < -0.4 is 10.6 Å². The first-order valence-electron chi connectivity index (χ1n) is 12.6. The largest absolute Gasteiger partial charge is 0.378 e. The molecule has 0 aromatic heterocycles. The summed E-state index contributed by atoms with van der Waals surface area (Å²) in [6.07, 6.45) is 10.7. The van der Waals surface area contributed by atoms with Gasteiger partial charge in [0, 0.05) is 17.8 Å². The molecule has 2 N–H and O–H groups in total. The van der Waals surface area contributed by atoms with Crippen molar-refractivity contribution in [1.29, 1.82) is 5.26 Å². The zero-order valence-electron chi connectivity index (χ0n) is 21.9. The lowest BCUT2D eigenvalue weighted by atomic mass is 9.99. The predicted molar refractivity (Wildman–Crippen MR) is 155 cm³/mol. The van der Waals surface area contributed by atoms with Crippen LogP contribution in [-0.2, 0) is 0 Å². The van der Waals surface area contributed by atoms with E-state index in [0.29, 0.717) is 34.4 Å². The topological polar surface area (TPSA) is 80.5 Å². The molecule has 0 saturated heterocycles. The van der Waals surface area contributed by atoms with E-state index in [4.69, 9.17) is 0 Å². The average molecular weight is 555 g/mol. The number of aliphatic imine (C=N–C) groups is 1. The molecule has 0 bridgehead atoms. The number of halogens is 1. The lowest BCUT2D eigenvalue weighted by Crippen LogP contribution is -2.30. The lowest BCUT2D eigenvalue weighted by Gasteiger charge is -2.22. The van der Waals surface area contributed by atoms with Crippen molar-refractivity contribution in [3.63, 3.8) is 0 Å². The van der Waals surface area contributed by atoms with Crippen LogP contribution in [0.15, 0.2) is 76.0 Å². The molecular weight excluding hydrogens is 514 g/mol. The van der Waals surface area contributed by atoms with Gasteiger partial charge in [-0.05, 0) is 85.3 Å². The van der Waals surface area contributed by atoms with Gasteiger partial charge in [0.1, 0.15) is 10.7 Å². The Hall–Kier alpha value is -2.95. The van der Waals surface area contributed by atoms with Gasteiger partial charge in [0.15, 0.2) is 0 Å². The third-order valence-corrected chi connectivity index (χ3v) is 6.25. The van der Waals surface area contributed by atoms with E-state index in [1.807, 2.05) is 42.5 Å². The van der Waals surface area contributed by atoms with Crippen LogP contribution in [0.3, 0.4) is 0 Å². The molecule has 0 aliphatic rings. The zero-order chi connectivity index (χ0) is 26.8. The van der Waals surface area contributed by atoms with Gasteiger partial charge in [0.2, 0.25) is 0 Å². The number of amides is 1. The second kappa shape index (κ2) is 18.3. The summed E-state index contributed by atoms with van der Waals surface area (Å²) in [5, 5.41) is 16.1. The first kappa shape index (κ1) is 31.1. The molecule has 0 saturated carbocycles. The molecule has 1 rings (SSSR count). The zero-order valence-corrected chi connectivity index (χ0v) is 23.5. The smallest absolute Gasteiger partial charge is 0.251 e. The summed E-state index contributed by atoms with van der Waals surface area (Å²) in [5.74, 6) is -0.0674. The summed E-state index contributed by atoms with van der Waals surface area (Å²) in [6.45, 7) is 17.6. The van der Waals surface area contributed by atoms with Crippen molar-refractivity contribution in [2.45, 2.75) is 52.5 Å². The van der Waals surface area contributed by atoms with E-state index in [-0.39, 0.29) is 11.9 Å². The quantitative estimate of drug-likeness (QED) is 0.0765. The summed E-state index contributed by atoms with van der Waals surface area (Å²) in [6, 6.07) is 9.85. The van der Waals surface area contributed by atoms with Crippen LogP contribution in [0.4, 0.5) is 0 Å². The number of hydrogen-bond acceptors (Lipinski definition) is 5. The van der Waals surface area contributed by atoms with E-state index >= 15 is 0 Å². The van der Waals surface area contributed by atoms with Gasteiger partial charge in [-0.15, -0.1) is 0 Å². The van der Waals surface area contributed by atoms with Crippen LogP contribution >= 0.6 is 15.9 Å². The number of benzene rings is 1. The van der Waals surface area contributed by atoms with Crippen molar-refractivity contribution >= 4 is 28.6 Å². The highest BCUT2D eigenvalue weighted by Gasteiger charge is 2.15. The Morgan fingerprint density at radius 1 is 1.31 bits per heavy atom. The molecule has 1 atom stereocenters. The van der Waals surface area contributed by atoms with Gasteiger partial charge in [-0.25, -0.2) is 0 Å². The summed E-state index contributed by atoms with van der Waals surface area (Å²) in [7, 11) is 0. The molecule has 1 aromatic carbocycles. The molecule has 0 spiro atoms. The molecular formula is C29H40BrN5O. The Bertz CT molecular complexity index is 986. The second-order valence-corrected chi connectivity index (χ2v) is 9.08. The number of carbonyl (C=O) groups excluding carboxylic acids is 1. The summed E-state index contributed by atoms with van der Waals surface area (Å²) in [5.41, 5.74) is 2.70. The van der Waals surface area contributed by atoms with E-state index in [1.54, 1.807) is 6.08 Å². The van der Waals surface area contributed by atoms with Crippen LogP contribution in [0.2, 0.25) is 0 Å². The van der Waals surface area contributed by atoms with Crippen LogP contribution in [0.25, 0.3) is 0 Å². The molecule has 6 nitrogen and oxygen atoms in total. The molecule has 36 heavy (non-hydrogen) atoms. The predicted octanol–water partition coefficient (Wildman–Crippen LogP) is 6.43. The molecule has 1 amide bonds. The number of allylic oxidation sites excluding steroid dienone is 5. The molecule has 0 heterocycles. The number of nitrogens with zero attached hydrogens (tertiary/aromatic N) is 3. The van der Waals surface area contributed by atoms with Gasteiger partial charge in [-0.3, -0.25) is 9.79 Å². The van der Waals surface area contributed by atoms with Crippen molar-refractivity contribution in [1.82, 2.24) is 15.5 Å². The Kier molecular flexibility index (Phi) is 15.8. The molecule has 194 valence electrons. The standard InChI is InChI=1S/C29H40BrN5O/c1-6-14-27(34-23(4)26(22-31)15-10-9-11-18-28(30)32-5)24-16-12-17-25(21-24)29(36)33-19-13-20-35(7-2)8-3/h9,11-12,15-18,21,27,34H,4-8,10,13-14,19-20H2,1-3H3,(H,33,36)/b11-9-,26-15+,28-18-. The van der Waals surface area contributed by atoms with E-state index in [9.17, 15) is 10.1 Å². The van der Waals surface area contributed by atoms with Crippen LogP contribution in [0.5, 0.6) is 0 Å². The maximum absolute atomic E-state index is 12.7. The number of nitriles is 1. The van der Waals surface area contributed by atoms with Crippen molar-refractivity contribution in [2.24, 2.45) is 4.99 Å². The Morgan fingerprint density at radius 2 is 2.06 bits per heavy atom. The van der Waals surface area contributed by atoms with Gasteiger partial charge in [0.05, 0.1) is 11.6 Å². The van der Waals surface area contributed by atoms with Gasteiger partial charge < -0.3 is 15.5 Å². The van der Waals surface area contributed by atoms with Gasteiger partial charge in [-0.1, -0.05) is 64.1 Å². The monoisotopic (exact) mass is 553 g/mol. The van der Waals surface area contributed by atoms with Gasteiger partial charge >= 0.3 is 0 Å². The van der Waals surface area contributed by atoms with Crippen molar-refractivity contribution in [3.8, 4) is 6.07 Å². The SMILES string of the molecule is C=N/C(Br)=C\C=C/C/C=C(\C#N)C(=C)NC(CCC)c1cccc(C(=O)NCCCN(CC)CC)c1. The molecule has 1 unspecified atom stereocenters. The maximum atomic E-state index is 12.7. The number of hydrogen-bond donors (Lipinski definition) is 2. The normalized spacial score (nSPS) is 12.9. The molecule has 1 aromatic rings. The van der Waals surface area contributed by atoms with E-state index in [0.717, 1.165) is 44.5 Å². The third kappa shape index (κ3) is 11.7. The number of carbonyl (C=O) groups is 1. The first-order valence-corrected chi connectivity index (χ1v) is 13.3. The molecule has 0 aliphatic heterocycles. The highest BCUT2D eigenvalue weighted by molar-refractivity contribution is 9.11. The van der Waals surface area contributed by atoms with Crippen LogP contribution in [0.1, 0.15) is 68.4 Å². The minimum absolute atomic E-state index is 0.0530. The minimum atomic E-state index is -0.0674. The van der Waals surface area contributed by atoms with Gasteiger partial charge in [-0.2, -0.15) is 5.26 Å². The minimum Gasteiger partial charge on any atom is -0.378 e. The highest BCUT2D eigenvalue weighted by atomic mass is 79.9. The summed E-state index contributed by atoms with van der Waals surface area (Å²) < 4.78 is 0.646. The fourth-order valence-corrected chi connectivity index (χ4v) is 3.80. The van der Waals surface area contributed by atoms with Crippen molar-refractivity contribution in [3.05, 3.63) is 82.2 Å². The maximum Gasteiger partial charge on any atom is 0.251 e. The Balaban J connectivity index is 2.83. The Labute approximate surface area is 225 Å². The van der Waals surface area contributed by atoms with Crippen molar-refractivity contribution < 1.29 is 4.79 Å². The molecule has 0 radical (unpaired) electrons. The van der Waals surface area contributed by atoms with Crippen molar-refractivity contribution in [2.75, 3.05) is 26.2 Å². The highest BCUT2D eigenvalue weighted by Crippen LogP contribution is 2.22. The average Bonchev–Trinajstić information content (AvgIpc) is 2.90. The third-order valence-electron chi connectivity index (χ3n) is 5.73. The van der Waals surface area contributed by atoms with Crippen LogP contribution in [0, 0.1) is 11.3 Å². The molecule has 0 aliphatic carbocycles. The summed E-state index contributed by atoms with van der Waals surface area (Å²) >= 11 is 3.26. The lowest BCUT2D eigenvalue weighted by molar-refractivity contribution is 0.0951. The first-order chi connectivity index (χ1) is 17.4. The molecule has 7 heteroatoms. The Morgan fingerprint density at radius 3 is 2.69 bits per heavy atom. The van der Waals surface area contributed by atoms with E-state index in [1.165, 1.54) is 0 Å². The second-order valence-electron chi connectivity index (χ2n) is 8.27. The fourth-order valence-electron chi connectivity index (χ4n) is 3.64. The number of rotatable bonds is 17. The number of nitrogens with one attached hydrogen (secondary N) is 2. The van der Waals surface area contributed by atoms with Crippen LogP contribution in [-0.4, -0.2) is 43.7 Å². The fraction of sp³-hybridized carbons (Fsp3) is 0.414. The van der Waals surface area contributed by atoms with E-state index < -0.39 is 0 Å².